The van der Waals surface area contributed by atoms with Gasteiger partial charge in [0.25, 0.3) is 5.91 Å². The lowest BCUT2D eigenvalue weighted by Gasteiger charge is -2.15. The fraction of sp³-hybridized carbons (Fsp3) is 0.333. The molecule has 1 unspecified atom stereocenters. The highest BCUT2D eigenvalue weighted by Gasteiger charge is 2.14. The van der Waals surface area contributed by atoms with Crippen LogP contribution in [0.15, 0.2) is 18.2 Å². The molecule has 0 heterocycles. The minimum absolute atomic E-state index is 0.0539. The first-order chi connectivity index (χ1) is 8.97. The van der Waals surface area contributed by atoms with Crippen LogP contribution in [0.5, 0.6) is 0 Å². The summed E-state index contributed by atoms with van der Waals surface area (Å²) in [6, 6.07) is 3.64. The van der Waals surface area contributed by atoms with Crippen LogP contribution in [-0.2, 0) is 6.42 Å². The Morgan fingerprint density at radius 1 is 1.47 bits per heavy atom. The van der Waals surface area contributed by atoms with Crippen molar-refractivity contribution in [1.82, 2.24) is 10.6 Å². The third-order valence-electron chi connectivity index (χ3n) is 2.60. The normalized spacial score (nSPS) is 11.7. The lowest BCUT2D eigenvalue weighted by Crippen LogP contribution is -2.40. The molecule has 0 spiro atoms. The smallest absolute Gasteiger partial charge is 0.404 e. The molecule has 0 radical (unpaired) electrons. The molecule has 1 aromatic rings. The number of carbonyl (C=O) groups excluding carboxylic acids is 1. The summed E-state index contributed by atoms with van der Waals surface area (Å²) in [5.41, 5.74) is 5.93. The number of rotatable bonds is 5. The van der Waals surface area contributed by atoms with Gasteiger partial charge in [-0.15, -0.1) is 0 Å². The number of hydrogen-bond donors (Lipinski definition) is 4. The lowest BCUT2D eigenvalue weighted by molar-refractivity contribution is 0.0959. The number of nitrogens with one attached hydrogen (secondary N) is 2. The van der Waals surface area contributed by atoms with Gasteiger partial charge in [0, 0.05) is 19.6 Å². The molecule has 1 aromatic carbocycles. The van der Waals surface area contributed by atoms with E-state index in [1.165, 1.54) is 19.2 Å². The molecule has 0 saturated carbocycles. The van der Waals surface area contributed by atoms with Crippen molar-refractivity contribution in [3.8, 4) is 0 Å². The first kappa shape index (κ1) is 14.9. The van der Waals surface area contributed by atoms with Gasteiger partial charge in [0.2, 0.25) is 0 Å². The van der Waals surface area contributed by atoms with Gasteiger partial charge in [-0.1, -0.05) is 6.07 Å². The highest BCUT2D eigenvalue weighted by molar-refractivity contribution is 5.94. The molecule has 2 amide bonds. The van der Waals surface area contributed by atoms with Crippen molar-refractivity contribution in [1.29, 1.82) is 0 Å². The minimum atomic E-state index is -1.18. The van der Waals surface area contributed by atoms with Gasteiger partial charge in [-0.05, 0) is 24.1 Å². The standard InChI is InChI=1S/C12H16FN3O3/c1-15-11(17)9-3-2-7(5-10(9)13)4-8(6-14)16-12(18)19/h2-3,5,8,16H,4,6,14H2,1H3,(H,15,17)(H,18,19). The van der Waals surface area contributed by atoms with E-state index in [0.717, 1.165) is 0 Å². The van der Waals surface area contributed by atoms with E-state index in [0.29, 0.717) is 5.56 Å². The summed E-state index contributed by atoms with van der Waals surface area (Å²) in [7, 11) is 1.41. The van der Waals surface area contributed by atoms with E-state index in [9.17, 15) is 14.0 Å². The highest BCUT2D eigenvalue weighted by atomic mass is 19.1. The van der Waals surface area contributed by atoms with Crippen LogP contribution in [0, 0.1) is 5.82 Å². The molecule has 0 fully saturated rings. The van der Waals surface area contributed by atoms with Gasteiger partial charge in [-0.3, -0.25) is 4.79 Å². The zero-order valence-electron chi connectivity index (χ0n) is 10.4. The molecule has 1 rings (SSSR count). The number of carbonyl (C=O) groups is 2. The molecule has 19 heavy (non-hydrogen) atoms. The Balaban J connectivity index is 2.83. The van der Waals surface area contributed by atoms with Crippen molar-refractivity contribution in [2.45, 2.75) is 12.5 Å². The molecule has 104 valence electrons. The van der Waals surface area contributed by atoms with Gasteiger partial charge in [-0.25, -0.2) is 9.18 Å². The largest absolute Gasteiger partial charge is 0.465 e. The van der Waals surface area contributed by atoms with Gasteiger partial charge in [-0.2, -0.15) is 0 Å². The molecule has 6 nitrogen and oxygen atoms in total. The second kappa shape index (κ2) is 6.69. The molecule has 5 N–H and O–H groups in total. The Hall–Kier alpha value is -2.15. The Morgan fingerprint density at radius 3 is 2.63 bits per heavy atom. The van der Waals surface area contributed by atoms with E-state index in [-0.39, 0.29) is 18.5 Å². The molecule has 7 heteroatoms. The molecule has 0 aromatic heterocycles. The summed E-state index contributed by atoms with van der Waals surface area (Å²) in [5, 5.41) is 13.2. The summed E-state index contributed by atoms with van der Waals surface area (Å²) in [4.78, 5) is 21.8. The predicted molar refractivity (Wildman–Crippen MR) is 67.5 cm³/mol. The molecular weight excluding hydrogens is 253 g/mol. The van der Waals surface area contributed by atoms with Crippen LogP contribution in [-0.4, -0.2) is 36.7 Å². The Kier molecular flexibility index (Phi) is 5.25. The maximum atomic E-state index is 13.7. The van der Waals surface area contributed by atoms with Gasteiger partial charge in [0.05, 0.1) is 5.56 Å². The highest BCUT2D eigenvalue weighted by Crippen LogP contribution is 2.12. The first-order valence-electron chi connectivity index (χ1n) is 5.68. The summed E-state index contributed by atoms with van der Waals surface area (Å²) in [5.74, 6) is -1.16. The molecular formula is C12H16FN3O3. The van der Waals surface area contributed by atoms with Crippen molar-refractivity contribution in [3.63, 3.8) is 0 Å². The number of nitrogens with two attached hydrogens (primary N) is 1. The molecule has 0 saturated heterocycles. The van der Waals surface area contributed by atoms with Crippen LogP contribution in [0.25, 0.3) is 0 Å². The molecule has 0 aliphatic carbocycles. The van der Waals surface area contributed by atoms with Crippen molar-refractivity contribution >= 4 is 12.0 Å². The Labute approximate surface area is 109 Å². The fourth-order valence-corrected chi connectivity index (χ4v) is 1.66. The maximum Gasteiger partial charge on any atom is 0.404 e. The average molecular weight is 269 g/mol. The zero-order chi connectivity index (χ0) is 14.4. The van der Waals surface area contributed by atoms with Gasteiger partial charge < -0.3 is 21.5 Å². The van der Waals surface area contributed by atoms with E-state index in [2.05, 4.69) is 10.6 Å². The van der Waals surface area contributed by atoms with E-state index in [4.69, 9.17) is 10.8 Å². The van der Waals surface area contributed by atoms with Crippen molar-refractivity contribution in [2.75, 3.05) is 13.6 Å². The van der Waals surface area contributed by atoms with Crippen LogP contribution in [0.3, 0.4) is 0 Å². The van der Waals surface area contributed by atoms with Crippen molar-refractivity contribution < 1.29 is 19.1 Å². The number of halogens is 1. The van der Waals surface area contributed by atoms with Crippen LogP contribution in [0.1, 0.15) is 15.9 Å². The summed E-state index contributed by atoms with van der Waals surface area (Å²) in [6.45, 7) is 0.102. The number of hydrogen-bond acceptors (Lipinski definition) is 3. The maximum absolute atomic E-state index is 13.7. The minimum Gasteiger partial charge on any atom is -0.465 e. The van der Waals surface area contributed by atoms with Crippen molar-refractivity contribution in [3.05, 3.63) is 35.1 Å². The van der Waals surface area contributed by atoms with Crippen LogP contribution >= 0.6 is 0 Å². The van der Waals surface area contributed by atoms with Crippen molar-refractivity contribution in [2.24, 2.45) is 5.73 Å². The van der Waals surface area contributed by atoms with Crippen LogP contribution in [0.2, 0.25) is 0 Å². The Morgan fingerprint density at radius 2 is 2.16 bits per heavy atom. The average Bonchev–Trinajstić information content (AvgIpc) is 2.36. The second-order valence-corrected chi connectivity index (χ2v) is 3.98. The zero-order valence-corrected chi connectivity index (χ0v) is 10.4. The Bertz CT molecular complexity index is 479. The summed E-state index contributed by atoms with van der Waals surface area (Å²) >= 11 is 0. The monoisotopic (exact) mass is 269 g/mol. The first-order valence-corrected chi connectivity index (χ1v) is 5.68. The fourth-order valence-electron chi connectivity index (χ4n) is 1.66. The summed E-state index contributed by atoms with van der Waals surface area (Å²) in [6.07, 6.45) is -0.925. The molecule has 1 atom stereocenters. The molecule has 0 aliphatic heterocycles. The van der Waals surface area contributed by atoms with Crippen LogP contribution < -0.4 is 16.4 Å². The third-order valence-corrected chi connectivity index (χ3v) is 2.60. The van der Waals surface area contributed by atoms with Gasteiger partial charge >= 0.3 is 6.09 Å². The van der Waals surface area contributed by atoms with E-state index in [1.807, 2.05) is 0 Å². The molecule has 0 aliphatic rings. The van der Waals surface area contributed by atoms with E-state index in [1.54, 1.807) is 6.07 Å². The van der Waals surface area contributed by atoms with Gasteiger partial charge in [0.1, 0.15) is 5.82 Å². The third kappa shape index (κ3) is 4.22. The number of amides is 2. The quantitative estimate of drug-likeness (QED) is 0.618. The second-order valence-electron chi connectivity index (χ2n) is 3.98. The summed E-state index contributed by atoms with van der Waals surface area (Å²) < 4.78 is 13.7. The topological polar surface area (TPSA) is 104 Å². The van der Waals surface area contributed by atoms with Gasteiger partial charge in [0.15, 0.2) is 0 Å². The number of carboxylic acid groups (broad SMARTS) is 1. The predicted octanol–water partition coefficient (Wildman–Crippen LogP) is 0.323. The van der Waals surface area contributed by atoms with Crippen LogP contribution in [0.4, 0.5) is 9.18 Å². The van der Waals surface area contributed by atoms with E-state index >= 15 is 0 Å². The van der Waals surface area contributed by atoms with E-state index < -0.39 is 23.9 Å². The number of benzene rings is 1. The SMILES string of the molecule is CNC(=O)c1ccc(CC(CN)NC(=O)O)cc1F. The lowest BCUT2D eigenvalue weighted by atomic mass is 10.0. The molecule has 0 bridgehead atoms.